The molecule has 0 radical (unpaired) electrons. The van der Waals surface area contributed by atoms with Gasteiger partial charge in [0.1, 0.15) is 0 Å². The van der Waals surface area contributed by atoms with Crippen LogP contribution < -0.4 is 5.32 Å². The Balaban J connectivity index is 2.61. The molecule has 17 heavy (non-hydrogen) atoms. The third-order valence-corrected chi connectivity index (χ3v) is 4.18. The summed E-state index contributed by atoms with van der Waals surface area (Å²) in [7, 11) is 0. The molecule has 1 nitrogen and oxygen atoms in total. The summed E-state index contributed by atoms with van der Waals surface area (Å²) in [6.45, 7) is 9.27. The van der Waals surface area contributed by atoms with Crippen molar-refractivity contribution >= 4 is 11.8 Å². The van der Waals surface area contributed by atoms with Crippen LogP contribution >= 0.6 is 11.8 Å². The van der Waals surface area contributed by atoms with Crippen molar-refractivity contribution in [1.29, 1.82) is 0 Å². The lowest BCUT2D eigenvalue weighted by molar-refractivity contribution is 0.255. The zero-order chi connectivity index (χ0) is 12.9. The van der Waals surface area contributed by atoms with Gasteiger partial charge in [-0.25, -0.2) is 0 Å². The quantitative estimate of drug-likeness (QED) is 0.581. The first-order valence-corrected chi connectivity index (χ1v) is 7.94. The second-order valence-corrected chi connectivity index (χ2v) is 6.63. The van der Waals surface area contributed by atoms with Gasteiger partial charge in [0, 0.05) is 17.8 Å². The molecule has 1 aliphatic carbocycles. The normalized spacial score (nSPS) is 25.9. The van der Waals surface area contributed by atoms with Crippen molar-refractivity contribution in [1.82, 2.24) is 5.32 Å². The van der Waals surface area contributed by atoms with E-state index in [0.717, 1.165) is 5.88 Å². The van der Waals surface area contributed by atoms with E-state index >= 15 is 0 Å². The highest BCUT2D eigenvalue weighted by Gasteiger charge is 2.30. The van der Waals surface area contributed by atoms with E-state index in [-0.39, 0.29) is 0 Å². The van der Waals surface area contributed by atoms with Crippen LogP contribution in [-0.2, 0) is 0 Å². The van der Waals surface area contributed by atoms with Gasteiger partial charge in [0.15, 0.2) is 0 Å². The van der Waals surface area contributed by atoms with E-state index in [1.54, 1.807) is 0 Å². The highest BCUT2D eigenvalue weighted by atomic mass is 32.2. The fourth-order valence-corrected chi connectivity index (χ4v) is 2.97. The van der Waals surface area contributed by atoms with E-state index in [2.05, 4.69) is 57.5 Å². The van der Waals surface area contributed by atoms with Gasteiger partial charge in [-0.1, -0.05) is 37.6 Å². The molecule has 1 N–H and O–H groups in total. The molecule has 0 aliphatic heterocycles. The topological polar surface area (TPSA) is 12.0 Å². The largest absolute Gasteiger partial charge is 0.302 e. The summed E-state index contributed by atoms with van der Waals surface area (Å²) in [5.41, 5.74) is 1.95. The summed E-state index contributed by atoms with van der Waals surface area (Å²) in [6, 6.07) is 0.466. The van der Waals surface area contributed by atoms with Crippen molar-refractivity contribution in [2.75, 3.05) is 12.1 Å². The Labute approximate surface area is 111 Å². The summed E-state index contributed by atoms with van der Waals surface area (Å²) in [6.07, 6.45) is 11.8. The van der Waals surface area contributed by atoms with E-state index in [9.17, 15) is 0 Å². The molecule has 0 aromatic heterocycles. The number of hydrogen-bond acceptors (Lipinski definition) is 2. The van der Waals surface area contributed by atoms with E-state index in [1.165, 1.54) is 18.4 Å². The Bertz CT molecular complexity index is 291. The first kappa shape index (κ1) is 14.8. The Morgan fingerprint density at radius 3 is 2.88 bits per heavy atom. The van der Waals surface area contributed by atoms with E-state index in [4.69, 9.17) is 0 Å². The molecule has 0 spiro atoms. The highest BCUT2D eigenvalue weighted by molar-refractivity contribution is 7.98. The van der Waals surface area contributed by atoms with Gasteiger partial charge in [0.2, 0.25) is 0 Å². The Hall–Kier alpha value is -0.210. The van der Waals surface area contributed by atoms with Crippen LogP contribution in [0.1, 0.15) is 40.5 Å². The minimum Gasteiger partial charge on any atom is -0.302 e. The summed E-state index contributed by atoms with van der Waals surface area (Å²) >= 11 is 1.84. The molecule has 0 aromatic carbocycles. The maximum absolute atomic E-state index is 3.47. The van der Waals surface area contributed by atoms with Crippen LogP contribution in [0.5, 0.6) is 0 Å². The first-order chi connectivity index (χ1) is 7.97. The van der Waals surface area contributed by atoms with Crippen LogP contribution in [0.2, 0.25) is 0 Å². The fraction of sp³-hybridized carbons (Fsp3) is 0.733. The average Bonchev–Trinajstić information content (AvgIpc) is 2.24. The second kappa shape index (κ2) is 6.65. The lowest BCUT2D eigenvalue weighted by Gasteiger charge is -2.36. The van der Waals surface area contributed by atoms with Crippen LogP contribution in [0.15, 0.2) is 23.8 Å². The second-order valence-electron chi connectivity index (χ2n) is 5.76. The molecule has 0 fully saturated rings. The number of rotatable bonds is 5. The summed E-state index contributed by atoms with van der Waals surface area (Å²) < 4.78 is 0. The SMILES string of the molecule is CSCNC(C)/C=C/C1C(C)=CCCC1(C)C. The number of hydrogen-bond donors (Lipinski definition) is 1. The van der Waals surface area contributed by atoms with Crippen LogP contribution in [0, 0.1) is 11.3 Å². The fourth-order valence-electron chi connectivity index (χ4n) is 2.54. The van der Waals surface area contributed by atoms with E-state index < -0.39 is 0 Å². The zero-order valence-electron chi connectivity index (χ0n) is 11.9. The first-order valence-electron chi connectivity index (χ1n) is 6.54. The molecular weight excluding hydrogens is 226 g/mol. The monoisotopic (exact) mass is 253 g/mol. The van der Waals surface area contributed by atoms with E-state index in [1.807, 2.05) is 11.8 Å². The Morgan fingerprint density at radius 1 is 1.59 bits per heavy atom. The molecule has 1 rings (SSSR count). The van der Waals surface area contributed by atoms with Gasteiger partial charge >= 0.3 is 0 Å². The molecule has 98 valence electrons. The Kier molecular flexibility index (Phi) is 5.81. The smallest absolute Gasteiger partial charge is 0.0419 e. The lowest BCUT2D eigenvalue weighted by Crippen LogP contribution is -2.28. The molecule has 0 saturated heterocycles. The molecule has 0 aromatic rings. The van der Waals surface area contributed by atoms with Gasteiger partial charge in [0.05, 0.1) is 0 Å². The number of allylic oxidation sites excluding steroid dienone is 3. The molecule has 0 heterocycles. The molecule has 0 saturated carbocycles. The molecule has 2 atom stereocenters. The average molecular weight is 253 g/mol. The third-order valence-electron chi connectivity index (χ3n) is 3.73. The van der Waals surface area contributed by atoms with Gasteiger partial charge in [-0.05, 0) is 38.4 Å². The van der Waals surface area contributed by atoms with Crippen LogP contribution in [0.3, 0.4) is 0 Å². The van der Waals surface area contributed by atoms with Crippen LogP contribution in [0.4, 0.5) is 0 Å². The lowest BCUT2D eigenvalue weighted by atomic mass is 9.68. The van der Waals surface area contributed by atoms with Gasteiger partial charge < -0.3 is 5.32 Å². The maximum atomic E-state index is 3.47. The maximum Gasteiger partial charge on any atom is 0.0419 e. The van der Waals surface area contributed by atoms with Crippen molar-refractivity contribution in [2.45, 2.75) is 46.6 Å². The van der Waals surface area contributed by atoms with Crippen molar-refractivity contribution in [3.8, 4) is 0 Å². The van der Waals surface area contributed by atoms with Gasteiger partial charge in [0.25, 0.3) is 0 Å². The Morgan fingerprint density at radius 2 is 2.29 bits per heavy atom. The molecule has 0 amide bonds. The molecule has 1 aliphatic rings. The summed E-state index contributed by atoms with van der Waals surface area (Å²) in [5.74, 6) is 1.63. The van der Waals surface area contributed by atoms with Crippen LogP contribution in [0.25, 0.3) is 0 Å². The molecule has 2 heteroatoms. The third kappa shape index (κ3) is 4.51. The molecule has 0 bridgehead atoms. The minimum absolute atomic E-state index is 0.411. The van der Waals surface area contributed by atoms with Crippen LogP contribution in [-0.4, -0.2) is 18.2 Å². The van der Waals surface area contributed by atoms with Gasteiger partial charge in [-0.3, -0.25) is 0 Å². The number of thioether (sulfide) groups is 1. The summed E-state index contributed by atoms with van der Waals surface area (Å²) in [5, 5.41) is 3.47. The molecule has 2 unspecified atom stereocenters. The highest BCUT2D eigenvalue weighted by Crippen LogP contribution is 2.41. The summed E-state index contributed by atoms with van der Waals surface area (Å²) in [4.78, 5) is 0. The van der Waals surface area contributed by atoms with Crippen molar-refractivity contribution in [3.63, 3.8) is 0 Å². The predicted octanol–water partition coefficient (Wildman–Crippen LogP) is 4.22. The van der Waals surface area contributed by atoms with Crippen molar-refractivity contribution in [2.24, 2.45) is 11.3 Å². The van der Waals surface area contributed by atoms with Gasteiger partial charge in [-0.15, -0.1) is 11.8 Å². The van der Waals surface area contributed by atoms with Gasteiger partial charge in [-0.2, -0.15) is 0 Å². The predicted molar refractivity (Wildman–Crippen MR) is 80.4 cm³/mol. The minimum atomic E-state index is 0.411. The van der Waals surface area contributed by atoms with Crippen molar-refractivity contribution in [3.05, 3.63) is 23.8 Å². The van der Waals surface area contributed by atoms with Crippen molar-refractivity contribution < 1.29 is 0 Å². The zero-order valence-corrected chi connectivity index (χ0v) is 12.7. The molecular formula is C15H27NS. The number of nitrogens with one attached hydrogen (secondary N) is 1. The van der Waals surface area contributed by atoms with E-state index in [0.29, 0.717) is 17.4 Å². The standard InChI is InChI=1S/C15H27NS/c1-12-7-6-10-15(3,4)14(12)9-8-13(2)16-11-17-5/h7-9,13-14,16H,6,10-11H2,1-5H3/b9-8+.